The molecule has 0 saturated carbocycles. The van der Waals surface area contributed by atoms with E-state index >= 15 is 0 Å². The van der Waals surface area contributed by atoms with Crippen LogP contribution in [0.3, 0.4) is 0 Å². The van der Waals surface area contributed by atoms with E-state index in [2.05, 4.69) is 21.9 Å². The Morgan fingerprint density at radius 3 is 2.71 bits per heavy atom. The summed E-state index contributed by atoms with van der Waals surface area (Å²) in [5, 5.41) is 3.46. The van der Waals surface area contributed by atoms with Crippen molar-refractivity contribution in [3.63, 3.8) is 0 Å². The fourth-order valence-electron chi connectivity index (χ4n) is 2.86. The van der Waals surface area contributed by atoms with Crippen LogP contribution < -0.4 is 14.9 Å². The van der Waals surface area contributed by atoms with Crippen molar-refractivity contribution in [3.05, 3.63) is 24.3 Å². The monoisotopic (exact) mass is 311 g/mol. The van der Waals surface area contributed by atoms with Gasteiger partial charge in [-0.25, -0.2) is 13.1 Å². The lowest BCUT2D eigenvalue weighted by atomic mass is 10.0. The number of rotatable bonds is 6. The van der Waals surface area contributed by atoms with Gasteiger partial charge in [0.2, 0.25) is 10.0 Å². The normalized spacial score (nSPS) is 19.7. The van der Waals surface area contributed by atoms with E-state index in [1.54, 1.807) is 19.1 Å². The minimum atomic E-state index is -3.43. The Bertz CT molecular complexity index is 558. The summed E-state index contributed by atoms with van der Waals surface area (Å²) in [6.07, 6.45) is 2.22. The number of anilines is 1. The van der Waals surface area contributed by atoms with E-state index in [9.17, 15) is 8.42 Å². The topological polar surface area (TPSA) is 61.4 Å². The number of likely N-dealkylation sites (N-methyl/N-ethyl adjacent to an activating group) is 1. The molecule has 1 saturated heterocycles. The molecule has 1 unspecified atom stereocenters. The Balaban J connectivity index is 2.27. The van der Waals surface area contributed by atoms with Gasteiger partial charge in [-0.15, -0.1) is 0 Å². The Morgan fingerprint density at radius 1 is 1.24 bits per heavy atom. The molecule has 0 radical (unpaired) electrons. The van der Waals surface area contributed by atoms with Gasteiger partial charge in [0.15, 0.2) is 0 Å². The van der Waals surface area contributed by atoms with Gasteiger partial charge in [-0.1, -0.05) is 26.0 Å². The zero-order valence-corrected chi connectivity index (χ0v) is 13.6. The maximum absolute atomic E-state index is 12.3. The van der Waals surface area contributed by atoms with Crippen molar-refractivity contribution in [2.75, 3.05) is 31.1 Å². The molecule has 1 heterocycles. The van der Waals surface area contributed by atoms with Crippen molar-refractivity contribution in [2.24, 2.45) is 0 Å². The lowest BCUT2D eigenvalue weighted by Gasteiger charge is -2.35. The van der Waals surface area contributed by atoms with Crippen LogP contribution in [-0.4, -0.2) is 40.6 Å². The lowest BCUT2D eigenvalue weighted by Crippen LogP contribution is -2.46. The van der Waals surface area contributed by atoms with Crippen molar-refractivity contribution in [2.45, 2.75) is 37.6 Å². The van der Waals surface area contributed by atoms with Crippen LogP contribution in [0.25, 0.3) is 0 Å². The highest BCUT2D eigenvalue weighted by molar-refractivity contribution is 7.89. The Morgan fingerprint density at radius 2 is 2.00 bits per heavy atom. The second kappa shape index (κ2) is 7.24. The first-order chi connectivity index (χ1) is 10.1. The van der Waals surface area contributed by atoms with Crippen LogP contribution in [-0.2, 0) is 10.0 Å². The van der Waals surface area contributed by atoms with E-state index in [4.69, 9.17) is 0 Å². The van der Waals surface area contributed by atoms with Crippen molar-refractivity contribution >= 4 is 15.7 Å². The SMILES string of the molecule is CCNC1CCCN(c2ccccc2S(=O)(=O)NCC)C1. The first kappa shape index (κ1) is 16.3. The Labute approximate surface area is 127 Å². The molecule has 1 fully saturated rings. The number of para-hydroxylation sites is 1. The summed E-state index contributed by atoms with van der Waals surface area (Å²) in [6.45, 7) is 6.99. The zero-order valence-electron chi connectivity index (χ0n) is 12.8. The molecule has 1 atom stereocenters. The number of nitrogens with zero attached hydrogens (tertiary/aromatic N) is 1. The fraction of sp³-hybridized carbons (Fsp3) is 0.600. The van der Waals surface area contributed by atoms with Gasteiger partial charge in [-0.05, 0) is 31.5 Å². The molecule has 1 aliphatic heterocycles. The van der Waals surface area contributed by atoms with Gasteiger partial charge in [0.05, 0.1) is 5.69 Å². The number of nitrogens with one attached hydrogen (secondary N) is 2. The number of benzene rings is 1. The molecule has 0 amide bonds. The van der Waals surface area contributed by atoms with E-state index in [0.29, 0.717) is 17.5 Å². The predicted octanol–water partition coefficient (Wildman–Crippen LogP) is 1.56. The molecule has 0 aromatic heterocycles. The fourth-order valence-corrected chi connectivity index (χ4v) is 4.13. The third-order valence-electron chi connectivity index (χ3n) is 3.74. The molecule has 0 spiro atoms. The molecule has 5 nitrogen and oxygen atoms in total. The second-order valence-electron chi connectivity index (χ2n) is 5.31. The third-order valence-corrected chi connectivity index (χ3v) is 5.34. The summed E-state index contributed by atoms with van der Waals surface area (Å²) < 4.78 is 27.3. The van der Waals surface area contributed by atoms with Crippen LogP contribution in [0.4, 0.5) is 5.69 Å². The summed E-state index contributed by atoms with van der Waals surface area (Å²) in [6, 6.07) is 7.69. The summed E-state index contributed by atoms with van der Waals surface area (Å²) >= 11 is 0. The molecule has 21 heavy (non-hydrogen) atoms. The van der Waals surface area contributed by atoms with Crippen LogP contribution in [0.2, 0.25) is 0 Å². The van der Waals surface area contributed by atoms with E-state index < -0.39 is 10.0 Å². The average Bonchev–Trinajstić information content (AvgIpc) is 2.48. The summed E-state index contributed by atoms with van der Waals surface area (Å²) in [7, 11) is -3.43. The predicted molar refractivity (Wildman–Crippen MR) is 86.2 cm³/mol. The number of piperidine rings is 1. The van der Waals surface area contributed by atoms with Crippen LogP contribution in [0.15, 0.2) is 29.2 Å². The molecule has 0 bridgehead atoms. The van der Waals surface area contributed by atoms with Crippen molar-refractivity contribution < 1.29 is 8.42 Å². The van der Waals surface area contributed by atoms with Crippen molar-refractivity contribution in [1.29, 1.82) is 0 Å². The molecule has 1 aromatic rings. The second-order valence-corrected chi connectivity index (χ2v) is 7.05. The first-order valence-electron chi connectivity index (χ1n) is 7.65. The largest absolute Gasteiger partial charge is 0.369 e. The van der Waals surface area contributed by atoms with Crippen molar-refractivity contribution in [3.8, 4) is 0 Å². The minimum absolute atomic E-state index is 0.379. The summed E-state index contributed by atoms with van der Waals surface area (Å²) in [4.78, 5) is 2.56. The highest BCUT2D eigenvalue weighted by atomic mass is 32.2. The van der Waals surface area contributed by atoms with E-state index in [1.807, 2.05) is 12.1 Å². The molecule has 1 aliphatic rings. The third kappa shape index (κ3) is 3.96. The zero-order chi connectivity index (χ0) is 15.3. The molecule has 118 valence electrons. The molecule has 6 heteroatoms. The maximum Gasteiger partial charge on any atom is 0.242 e. The standard InChI is InChI=1S/C15H25N3O2S/c1-3-16-13-8-7-11-18(12-13)14-9-5-6-10-15(14)21(19,20)17-4-2/h5-6,9-10,13,16-17H,3-4,7-8,11-12H2,1-2H3. The maximum atomic E-state index is 12.3. The minimum Gasteiger partial charge on any atom is -0.369 e. The molecule has 0 aliphatic carbocycles. The van der Waals surface area contributed by atoms with Gasteiger partial charge < -0.3 is 10.2 Å². The van der Waals surface area contributed by atoms with Gasteiger partial charge in [0, 0.05) is 25.7 Å². The van der Waals surface area contributed by atoms with Gasteiger partial charge in [-0.2, -0.15) is 0 Å². The first-order valence-corrected chi connectivity index (χ1v) is 9.13. The molecule has 1 aromatic carbocycles. The molecule has 2 N–H and O–H groups in total. The summed E-state index contributed by atoms with van der Waals surface area (Å²) in [5.74, 6) is 0. The summed E-state index contributed by atoms with van der Waals surface area (Å²) in [5.41, 5.74) is 0.807. The van der Waals surface area contributed by atoms with Crippen molar-refractivity contribution in [1.82, 2.24) is 10.0 Å². The van der Waals surface area contributed by atoms with E-state index in [1.165, 1.54) is 0 Å². The highest BCUT2D eigenvalue weighted by Crippen LogP contribution is 2.27. The van der Waals surface area contributed by atoms with Crippen LogP contribution >= 0.6 is 0 Å². The Kier molecular flexibility index (Phi) is 5.61. The number of hydrogen-bond acceptors (Lipinski definition) is 4. The quantitative estimate of drug-likeness (QED) is 0.837. The number of sulfonamides is 1. The van der Waals surface area contributed by atoms with Gasteiger partial charge >= 0.3 is 0 Å². The van der Waals surface area contributed by atoms with Crippen LogP contribution in [0.1, 0.15) is 26.7 Å². The van der Waals surface area contributed by atoms with Crippen LogP contribution in [0, 0.1) is 0 Å². The lowest BCUT2D eigenvalue weighted by molar-refractivity contribution is 0.430. The number of hydrogen-bond donors (Lipinski definition) is 2. The smallest absolute Gasteiger partial charge is 0.242 e. The molecular formula is C15H25N3O2S. The molecular weight excluding hydrogens is 286 g/mol. The van der Waals surface area contributed by atoms with Gasteiger partial charge in [-0.3, -0.25) is 0 Å². The highest BCUT2D eigenvalue weighted by Gasteiger charge is 2.25. The van der Waals surface area contributed by atoms with Crippen LogP contribution in [0.5, 0.6) is 0 Å². The van der Waals surface area contributed by atoms with E-state index in [0.717, 1.165) is 38.2 Å². The Hall–Kier alpha value is -1.11. The average molecular weight is 311 g/mol. The van der Waals surface area contributed by atoms with Gasteiger partial charge in [0.25, 0.3) is 0 Å². The van der Waals surface area contributed by atoms with E-state index in [-0.39, 0.29) is 0 Å². The van der Waals surface area contributed by atoms with Gasteiger partial charge in [0.1, 0.15) is 4.90 Å². The molecule has 2 rings (SSSR count).